The molecule has 1 atom stereocenters. The van der Waals surface area contributed by atoms with Gasteiger partial charge in [-0.3, -0.25) is 0 Å². The Kier molecular flexibility index (Phi) is 3.51. The van der Waals surface area contributed by atoms with Gasteiger partial charge in [-0.1, -0.05) is 12.1 Å². The molecule has 0 aromatic heterocycles. The van der Waals surface area contributed by atoms with E-state index < -0.39 is 0 Å². The van der Waals surface area contributed by atoms with Gasteiger partial charge in [-0.05, 0) is 23.8 Å². The highest BCUT2D eigenvalue weighted by Gasteiger charge is 2.33. The van der Waals surface area contributed by atoms with Crippen LogP contribution in [0.25, 0.3) is 0 Å². The Morgan fingerprint density at radius 3 is 2.67 bits per heavy atom. The summed E-state index contributed by atoms with van der Waals surface area (Å²) in [4.78, 5) is 1.79. The number of nitrogens with two attached hydrogens (primary N) is 1. The number of halogens is 2. The van der Waals surface area contributed by atoms with Gasteiger partial charge in [0, 0.05) is 24.7 Å². The van der Waals surface area contributed by atoms with Gasteiger partial charge in [-0.2, -0.15) is 0 Å². The summed E-state index contributed by atoms with van der Waals surface area (Å²) < 4.78 is 33.3. The highest BCUT2D eigenvalue weighted by Crippen LogP contribution is 2.40. The van der Waals surface area contributed by atoms with Crippen LogP contribution < -0.4 is 15.4 Å². The molecule has 1 aliphatic rings. The summed E-state index contributed by atoms with van der Waals surface area (Å²) in [6.45, 7) is 0.571. The molecule has 2 aromatic carbocycles. The van der Waals surface area contributed by atoms with E-state index in [0.717, 1.165) is 5.56 Å². The predicted octanol–water partition coefficient (Wildman–Crippen LogP) is 2.99. The Morgan fingerprint density at radius 2 is 2.00 bits per heavy atom. The van der Waals surface area contributed by atoms with Crippen LogP contribution in [0, 0.1) is 11.6 Å². The average molecular weight is 290 g/mol. The van der Waals surface area contributed by atoms with Gasteiger partial charge in [0.1, 0.15) is 17.4 Å². The van der Waals surface area contributed by atoms with Gasteiger partial charge in [-0.15, -0.1) is 0 Å². The minimum absolute atomic E-state index is 0.263. The lowest BCUT2D eigenvalue weighted by atomic mass is 10.0. The normalized spacial score (nSPS) is 17.0. The molecule has 1 aliphatic heterocycles. The van der Waals surface area contributed by atoms with Crippen molar-refractivity contribution in [2.45, 2.75) is 12.6 Å². The monoisotopic (exact) mass is 290 g/mol. The summed E-state index contributed by atoms with van der Waals surface area (Å²) in [7, 11) is 1.49. The molecule has 0 spiro atoms. The van der Waals surface area contributed by atoms with E-state index in [4.69, 9.17) is 10.5 Å². The number of ether oxygens (including phenoxy) is 1. The molecule has 21 heavy (non-hydrogen) atoms. The smallest absolute Gasteiger partial charge is 0.146 e. The van der Waals surface area contributed by atoms with E-state index in [-0.39, 0.29) is 24.2 Å². The number of anilines is 1. The lowest BCUT2D eigenvalue weighted by molar-refractivity contribution is 0.410. The Labute approximate surface area is 121 Å². The number of fused-ring (bicyclic) bond motifs is 1. The molecule has 0 fully saturated rings. The third-order valence-electron chi connectivity index (χ3n) is 3.89. The van der Waals surface area contributed by atoms with Crippen LogP contribution in [-0.4, -0.2) is 13.7 Å². The molecule has 0 radical (unpaired) electrons. The maximum Gasteiger partial charge on any atom is 0.146 e. The predicted molar refractivity (Wildman–Crippen MR) is 77.3 cm³/mol. The van der Waals surface area contributed by atoms with Crippen LogP contribution in [0.3, 0.4) is 0 Å². The fraction of sp³-hybridized carbons (Fsp3) is 0.250. The standard InChI is InChI=1S/C16H16F2N2O/c1-21-10-6-11-12(14(18)7-10)9-20(16(11)8-19)15-5-3-2-4-13(15)17/h2-7,16H,8-9,19H2,1H3. The summed E-state index contributed by atoms with van der Waals surface area (Å²) in [6, 6.07) is 9.31. The Bertz CT molecular complexity index is 675. The molecule has 0 saturated carbocycles. The number of rotatable bonds is 3. The molecule has 3 nitrogen and oxygen atoms in total. The van der Waals surface area contributed by atoms with Gasteiger partial charge < -0.3 is 15.4 Å². The minimum Gasteiger partial charge on any atom is -0.497 e. The fourth-order valence-corrected chi connectivity index (χ4v) is 2.85. The maximum absolute atomic E-state index is 14.2. The van der Waals surface area contributed by atoms with E-state index >= 15 is 0 Å². The van der Waals surface area contributed by atoms with E-state index in [9.17, 15) is 8.78 Å². The number of nitrogens with zero attached hydrogens (tertiary/aromatic N) is 1. The van der Waals surface area contributed by atoms with Crippen LogP contribution in [-0.2, 0) is 6.54 Å². The van der Waals surface area contributed by atoms with Crippen molar-refractivity contribution in [2.75, 3.05) is 18.6 Å². The minimum atomic E-state index is -0.346. The van der Waals surface area contributed by atoms with E-state index in [1.807, 2.05) is 0 Å². The first kappa shape index (κ1) is 13.8. The first-order valence-corrected chi connectivity index (χ1v) is 6.73. The molecule has 0 amide bonds. The van der Waals surface area contributed by atoms with Gasteiger partial charge in [0.25, 0.3) is 0 Å². The van der Waals surface area contributed by atoms with Crippen LogP contribution in [0.1, 0.15) is 17.2 Å². The highest BCUT2D eigenvalue weighted by molar-refractivity contribution is 5.57. The Balaban J connectivity index is 2.08. The van der Waals surface area contributed by atoms with Crippen molar-refractivity contribution in [3.63, 3.8) is 0 Å². The number of para-hydroxylation sites is 1. The van der Waals surface area contributed by atoms with Gasteiger partial charge >= 0.3 is 0 Å². The van der Waals surface area contributed by atoms with E-state index in [1.54, 1.807) is 29.2 Å². The van der Waals surface area contributed by atoms with Crippen molar-refractivity contribution in [3.05, 3.63) is 59.2 Å². The SMILES string of the molecule is COc1cc(F)c2c(c1)C(CN)N(c1ccccc1F)C2. The third kappa shape index (κ3) is 2.23. The van der Waals surface area contributed by atoms with Crippen molar-refractivity contribution in [1.82, 2.24) is 0 Å². The molecular weight excluding hydrogens is 274 g/mol. The lowest BCUT2D eigenvalue weighted by Crippen LogP contribution is -2.28. The number of benzene rings is 2. The summed E-state index contributed by atoms with van der Waals surface area (Å²) >= 11 is 0. The summed E-state index contributed by atoms with van der Waals surface area (Å²) in [5, 5.41) is 0. The summed E-state index contributed by atoms with van der Waals surface area (Å²) in [5.41, 5.74) is 7.59. The van der Waals surface area contributed by atoms with Gasteiger partial charge in [0.15, 0.2) is 0 Å². The average Bonchev–Trinajstić information content (AvgIpc) is 2.86. The zero-order valence-corrected chi connectivity index (χ0v) is 11.6. The molecule has 0 aliphatic carbocycles. The van der Waals surface area contributed by atoms with Gasteiger partial charge in [-0.25, -0.2) is 8.78 Å². The maximum atomic E-state index is 14.2. The van der Waals surface area contributed by atoms with Crippen molar-refractivity contribution in [1.29, 1.82) is 0 Å². The third-order valence-corrected chi connectivity index (χ3v) is 3.89. The largest absolute Gasteiger partial charge is 0.497 e. The molecule has 2 aromatic rings. The summed E-state index contributed by atoms with van der Waals surface area (Å²) in [5.74, 6) is -0.238. The number of hydrogen-bond acceptors (Lipinski definition) is 3. The molecule has 2 N–H and O–H groups in total. The van der Waals surface area contributed by atoms with E-state index in [2.05, 4.69) is 0 Å². The van der Waals surface area contributed by atoms with Gasteiger partial charge in [0.05, 0.1) is 18.8 Å². The molecular formula is C16H16F2N2O. The van der Waals surface area contributed by atoms with Crippen LogP contribution in [0.5, 0.6) is 5.75 Å². The molecule has 1 unspecified atom stereocenters. The Hall–Kier alpha value is -2.14. The highest BCUT2D eigenvalue weighted by atomic mass is 19.1. The number of hydrogen-bond donors (Lipinski definition) is 1. The van der Waals surface area contributed by atoms with Crippen LogP contribution >= 0.6 is 0 Å². The van der Waals surface area contributed by atoms with E-state index in [0.29, 0.717) is 23.5 Å². The molecule has 5 heteroatoms. The molecule has 0 saturated heterocycles. The van der Waals surface area contributed by atoms with Crippen molar-refractivity contribution < 1.29 is 13.5 Å². The molecule has 1 heterocycles. The first-order chi connectivity index (χ1) is 10.2. The zero-order chi connectivity index (χ0) is 15.0. The Morgan fingerprint density at radius 1 is 1.24 bits per heavy atom. The fourth-order valence-electron chi connectivity index (χ4n) is 2.85. The van der Waals surface area contributed by atoms with Crippen LogP contribution in [0.2, 0.25) is 0 Å². The van der Waals surface area contributed by atoms with Gasteiger partial charge in [0.2, 0.25) is 0 Å². The van der Waals surface area contributed by atoms with E-state index in [1.165, 1.54) is 19.2 Å². The summed E-state index contributed by atoms with van der Waals surface area (Å²) in [6.07, 6.45) is 0. The first-order valence-electron chi connectivity index (χ1n) is 6.73. The second-order valence-corrected chi connectivity index (χ2v) is 5.01. The molecule has 110 valence electrons. The zero-order valence-electron chi connectivity index (χ0n) is 11.6. The van der Waals surface area contributed by atoms with Crippen molar-refractivity contribution >= 4 is 5.69 Å². The van der Waals surface area contributed by atoms with Crippen LogP contribution in [0.4, 0.5) is 14.5 Å². The topological polar surface area (TPSA) is 38.5 Å². The molecule has 3 rings (SSSR count). The number of methoxy groups -OCH3 is 1. The lowest BCUT2D eigenvalue weighted by Gasteiger charge is -2.26. The van der Waals surface area contributed by atoms with Crippen molar-refractivity contribution in [2.24, 2.45) is 5.73 Å². The second kappa shape index (κ2) is 5.33. The van der Waals surface area contributed by atoms with Crippen LogP contribution in [0.15, 0.2) is 36.4 Å². The quantitative estimate of drug-likeness (QED) is 0.944. The molecule has 0 bridgehead atoms. The second-order valence-electron chi connectivity index (χ2n) is 5.01. The van der Waals surface area contributed by atoms with Crippen molar-refractivity contribution in [3.8, 4) is 5.75 Å².